The fourth-order valence-electron chi connectivity index (χ4n) is 2.99. The van der Waals surface area contributed by atoms with Crippen LogP contribution in [0.4, 0.5) is 0 Å². The molecule has 0 spiro atoms. The van der Waals surface area contributed by atoms with E-state index < -0.39 is 0 Å². The van der Waals surface area contributed by atoms with Crippen LogP contribution in [0.2, 0.25) is 0 Å². The van der Waals surface area contributed by atoms with Gasteiger partial charge in [0.25, 0.3) is 0 Å². The first-order chi connectivity index (χ1) is 12.1. The summed E-state index contributed by atoms with van der Waals surface area (Å²) >= 11 is 0. The van der Waals surface area contributed by atoms with Crippen LogP contribution in [0.3, 0.4) is 0 Å². The van der Waals surface area contributed by atoms with Gasteiger partial charge in [-0.1, -0.05) is 26.0 Å². The van der Waals surface area contributed by atoms with Gasteiger partial charge >= 0.3 is 0 Å². The summed E-state index contributed by atoms with van der Waals surface area (Å²) in [6.07, 6.45) is 2.52. The number of likely N-dealkylation sites (tertiary alicyclic amines) is 1. The van der Waals surface area contributed by atoms with Crippen molar-refractivity contribution in [3.05, 3.63) is 29.8 Å². The molecule has 1 aromatic carbocycles. The Morgan fingerprint density at radius 3 is 2.72 bits per heavy atom. The summed E-state index contributed by atoms with van der Waals surface area (Å²) in [5, 5.41) is 3.47. The summed E-state index contributed by atoms with van der Waals surface area (Å²) in [7, 11) is 1.85. The van der Waals surface area contributed by atoms with Gasteiger partial charge < -0.3 is 19.7 Å². The van der Waals surface area contributed by atoms with Crippen LogP contribution in [0.1, 0.15) is 39.2 Å². The first-order valence-corrected chi connectivity index (χ1v) is 9.41. The summed E-state index contributed by atoms with van der Waals surface area (Å²) in [6.45, 7) is 10.6. The van der Waals surface area contributed by atoms with Crippen LogP contribution in [-0.2, 0) is 11.3 Å². The van der Waals surface area contributed by atoms with Gasteiger partial charge in [-0.3, -0.25) is 4.99 Å². The van der Waals surface area contributed by atoms with E-state index in [1.54, 1.807) is 0 Å². The van der Waals surface area contributed by atoms with E-state index in [1.165, 1.54) is 5.56 Å². The summed E-state index contributed by atoms with van der Waals surface area (Å²) in [5.74, 6) is 2.42. The highest BCUT2D eigenvalue weighted by Gasteiger charge is 2.21. The van der Waals surface area contributed by atoms with Crippen molar-refractivity contribution in [3.63, 3.8) is 0 Å². The molecule has 1 heterocycles. The lowest BCUT2D eigenvalue weighted by Gasteiger charge is -2.34. The van der Waals surface area contributed by atoms with Crippen molar-refractivity contribution in [1.82, 2.24) is 10.2 Å². The maximum Gasteiger partial charge on any atom is 0.193 e. The van der Waals surface area contributed by atoms with Crippen LogP contribution in [0.5, 0.6) is 5.75 Å². The van der Waals surface area contributed by atoms with Gasteiger partial charge in [-0.15, -0.1) is 0 Å². The zero-order valence-electron chi connectivity index (χ0n) is 16.1. The average Bonchev–Trinajstić information content (AvgIpc) is 2.62. The van der Waals surface area contributed by atoms with Gasteiger partial charge in [-0.05, 0) is 43.4 Å². The first-order valence-electron chi connectivity index (χ1n) is 9.41. The second kappa shape index (κ2) is 10.3. The van der Waals surface area contributed by atoms with E-state index in [1.807, 2.05) is 19.2 Å². The Hall–Kier alpha value is -1.75. The SMILES string of the molecule is CCOC1CCN(C(=NC)NCc2cccc(OCC(C)C)c2)CC1. The van der Waals surface area contributed by atoms with Gasteiger partial charge in [0.15, 0.2) is 5.96 Å². The molecule has 140 valence electrons. The van der Waals surface area contributed by atoms with E-state index in [2.05, 4.69) is 48.1 Å². The largest absolute Gasteiger partial charge is 0.493 e. The monoisotopic (exact) mass is 347 g/mol. The molecule has 1 aliphatic rings. The number of piperidine rings is 1. The molecule has 0 aromatic heterocycles. The van der Waals surface area contributed by atoms with Crippen LogP contribution in [0, 0.1) is 5.92 Å². The van der Waals surface area contributed by atoms with Gasteiger partial charge in [0.2, 0.25) is 0 Å². The van der Waals surface area contributed by atoms with E-state index in [0.29, 0.717) is 12.0 Å². The molecule has 1 N–H and O–H groups in total. The fraction of sp³-hybridized carbons (Fsp3) is 0.650. The number of guanidine groups is 1. The van der Waals surface area contributed by atoms with Gasteiger partial charge in [0.1, 0.15) is 5.75 Å². The van der Waals surface area contributed by atoms with Crippen molar-refractivity contribution in [2.75, 3.05) is 33.4 Å². The Bertz CT molecular complexity index is 537. The maximum atomic E-state index is 5.81. The number of ether oxygens (including phenoxy) is 2. The minimum absolute atomic E-state index is 0.397. The normalized spacial score (nSPS) is 16.4. The molecule has 2 rings (SSSR count). The smallest absolute Gasteiger partial charge is 0.193 e. The van der Waals surface area contributed by atoms with E-state index in [4.69, 9.17) is 9.47 Å². The maximum absolute atomic E-state index is 5.81. The zero-order chi connectivity index (χ0) is 18.1. The summed E-state index contributed by atoms with van der Waals surface area (Å²) < 4.78 is 11.5. The second-order valence-corrected chi connectivity index (χ2v) is 6.89. The Labute approximate surface area is 152 Å². The average molecular weight is 348 g/mol. The molecule has 5 nitrogen and oxygen atoms in total. The molecule has 1 aromatic rings. The molecule has 0 unspecified atom stereocenters. The van der Waals surface area contributed by atoms with E-state index in [9.17, 15) is 0 Å². The van der Waals surface area contributed by atoms with Crippen molar-refractivity contribution >= 4 is 5.96 Å². The van der Waals surface area contributed by atoms with Crippen molar-refractivity contribution < 1.29 is 9.47 Å². The van der Waals surface area contributed by atoms with Crippen molar-refractivity contribution in [1.29, 1.82) is 0 Å². The van der Waals surface area contributed by atoms with Crippen molar-refractivity contribution in [3.8, 4) is 5.75 Å². The Balaban J connectivity index is 1.84. The minimum atomic E-state index is 0.397. The second-order valence-electron chi connectivity index (χ2n) is 6.89. The first kappa shape index (κ1) is 19.6. The number of hydrogen-bond acceptors (Lipinski definition) is 3. The Morgan fingerprint density at radius 1 is 1.32 bits per heavy atom. The highest BCUT2D eigenvalue weighted by atomic mass is 16.5. The third-order valence-corrected chi connectivity index (χ3v) is 4.29. The summed E-state index contributed by atoms with van der Waals surface area (Å²) in [6, 6.07) is 8.27. The fourth-order valence-corrected chi connectivity index (χ4v) is 2.99. The van der Waals surface area contributed by atoms with Crippen molar-refractivity contribution in [2.45, 2.75) is 46.3 Å². The molecule has 0 saturated carbocycles. The molecule has 1 saturated heterocycles. The van der Waals surface area contributed by atoms with Crippen LogP contribution in [0.25, 0.3) is 0 Å². The molecule has 1 fully saturated rings. The topological polar surface area (TPSA) is 46.1 Å². The number of aliphatic imine (C=N–C) groups is 1. The highest BCUT2D eigenvalue weighted by molar-refractivity contribution is 5.80. The third-order valence-electron chi connectivity index (χ3n) is 4.29. The Morgan fingerprint density at radius 2 is 2.08 bits per heavy atom. The molecule has 0 atom stereocenters. The van der Waals surface area contributed by atoms with E-state index in [0.717, 1.165) is 57.4 Å². The molecule has 25 heavy (non-hydrogen) atoms. The molecule has 5 heteroatoms. The standard InChI is InChI=1S/C20H33N3O2/c1-5-24-18-9-11-23(12-10-18)20(21-4)22-14-17-7-6-8-19(13-17)25-15-16(2)3/h6-8,13,16,18H,5,9-12,14-15H2,1-4H3,(H,21,22). The van der Waals surface area contributed by atoms with Gasteiger partial charge in [-0.25, -0.2) is 0 Å². The molecule has 1 aliphatic heterocycles. The molecular formula is C20H33N3O2. The molecular weight excluding hydrogens is 314 g/mol. The third kappa shape index (κ3) is 6.58. The lowest BCUT2D eigenvalue weighted by molar-refractivity contribution is 0.0263. The molecule has 0 bridgehead atoms. The van der Waals surface area contributed by atoms with Crippen LogP contribution in [-0.4, -0.2) is 50.3 Å². The molecule has 0 amide bonds. The van der Waals surface area contributed by atoms with Crippen LogP contribution >= 0.6 is 0 Å². The zero-order valence-corrected chi connectivity index (χ0v) is 16.1. The lowest BCUT2D eigenvalue weighted by atomic mass is 10.1. The summed E-state index contributed by atoms with van der Waals surface area (Å²) in [5.41, 5.74) is 1.20. The van der Waals surface area contributed by atoms with Gasteiger partial charge in [0, 0.05) is 33.3 Å². The minimum Gasteiger partial charge on any atom is -0.493 e. The number of benzene rings is 1. The van der Waals surface area contributed by atoms with Crippen LogP contribution < -0.4 is 10.1 Å². The van der Waals surface area contributed by atoms with E-state index in [-0.39, 0.29) is 0 Å². The summed E-state index contributed by atoms with van der Waals surface area (Å²) in [4.78, 5) is 6.75. The van der Waals surface area contributed by atoms with Crippen molar-refractivity contribution in [2.24, 2.45) is 10.9 Å². The molecule has 0 aliphatic carbocycles. The Kier molecular flexibility index (Phi) is 8.06. The highest BCUT2D eigenvalue weighted by Crippen LogP contribution is 2.16. The molecule has 0 radical (unpaired) electrons. The lowest BCUT2D eigenvalue weighted by Crippen LogP contribution is -2.46. The predicted octanol–water partition coefficient (Wildman–Crippen LogP) is 3.30. The van der Waals surface area contributed by atoms with E-state index >= 15 is 0 Å². The quantitative estimate of drug-likeness (QED) is 0.607. The predicted molar refractivity (Wildman–Crippen MR) is 103 cm³/mol. The number of nitrogens with zero attached hydrogens (tertiary/aromatic N) is 2. The van der Waals surface area contributed by atoms with Crippen LogP contribution in [0.15, 0.2) is 29.3 Å². The number of rotatable bonds is 7. The number of hydrogen-bond donors (Lipinski definition) is 1. The number of nitrogens with one attached hydrogen (secondary N) is 1. The van der Waals surface area contributed by atoms with Gasteiger partial charge in [-0.2, -0.15) is 0 Å². The van der Waals surface area contributed by atoms with Gasteiger partial charge in [0.05, 0.1) is 12.7 Å².